The van der Waals surface area contributed by atoms with Gasteiger partial charge in [0.15, 0.2) is 0 Å². The minimum Gasteiger partial charge on any atom is -0.353 e. The first-order valence-corrected chi connectivity index (χ1v) is 7.64. The fraction of sp³-hybridized carbons (Fsp3) is 0.250. The van der Waals surface area contributed by atoms with E-state index in [4.69, 9.17) is 0 Å². The highest BCUT2D eigenvalue weighted by molar-refractivity contribution is 9.10. The zero-order valence-electron chi connectivity index (χ0n) is 11.8. The SMILES string of the molecule is C=CCNC(=O)CCCn1cc(-c2cccc(Br)c2)cn1. The van der Waals surface area contributed by atoms with Gasteiger partial charge in [0.1, 0.15) is 0 Å². The summed E-state index contributed by atoms with van der Waals surface area (Å²) in [7, 11) is 0. The number of nitrogens with one attached hydrogen (secondary N) is 1. The molecule has 1 heterocycles. The van der Waals surface area contributed by atoms with Crippen LogP contribution < -0.4 is 5.32 Å². The van der Waals surface area contributed by atoms with E-state index in [1.807, 2.05) is 29.2 Å². The molecule has 0 aliphatic heterocycles. The molecule has 1 amide bonds. The van der Waals surface area contributed by atoms with Crippen LogP contribution in [0.3, 0.4) is 0 Å². The fourth-order valence-corrected chi connectivity index (χ4v) is 2.38. The Morgan fingerprint density at radius 3 is 3.05 bits per heavy atom. The second-order valence-electron chi connectivity index (χ2n) is 4.70. The molecule has 1 N–H and O–H groups in total. The van der Waals surface area contributed by atoms with Crippen LogP contribution in [0.1, 0.15) is 12.8 Å². The third-order valence-corrected chi connectivity index (χ3v) is 3.52. The molecule has 0 aliphatic carbocycles. The number of amides is 1. The summed E-state index contributed by atoms with van der Waals surface area (Å²) in [5, 5.41) is 7.10. The molecule has 1 aromatic carbocycles. The summed E-state index contributed by atoms with van der Waals surface area (Å²) >= 11 is 3.47. The first kappa shape index (κ1) is 15.5. The maximum Gasteiger partial charge on any atom is 0.220 e. The van der Waals surface area contributed by atoms with Crippen molar-refractivity contribution in [2.24, 2.45) is 0 Å². The van der Waals surface area contributed by atoms with Crippen LogP contribution in [0.5, 0.6) is 0 Å². The van der Waals surface area contributed by atoms with E-state index in [1.165, 1.54) is 0 Å². The van der Waals surface area contributed by atoms with Crippen LogP contribution in [0.25, 0.3) is 11.1 Å². The molecule has 0 atom stereocenters. The minimum absolute atomic E-state index is 0.0502. The van der Waals surface area contributed by atoms with Gasteiger partial charge < -0.3 is 5.32 Å². The number of aromatic nitrogens is 2. The van der Waals surface area contributed by atoms with Crippen molar-refractivity contribution >= 4 is 21.8 Å². The van der Waals surface area contributed by atoms with Crippen molar-refractivity contribution < 1.29 is 4.79 Å². The average molecular weight is 348 g/mol. The number of nitrogens with zero attached hydrogens (tertiary/aromatic N) is 2. The van der Waals surface area contributed by atoms with Crippen molar-refractivity contribution in [3.8, 4) is 11.1 Å². The molecule has 5 heteroatoms. The molecule has 2 rings (SSSR count). The normalized spacial score (nSPS) is 10.3. The van der Waals surface area contributed by atoms with E-state index in [-0.39, 0.29) is 5.91 Å². The lowest BCUT2D eigenvalue weighted by Crippen LogP contribution is -2.23. The second kappa shape index (κ2) is 7.78. The van der Waals surface area contributed by atoms with Gasteiger partial charge in [-0.3, -0.25) is 9.48 Å². The van der Waals surface area contributed by atoms with Crippen molar-refractivity contribution in [1.29, 1.82) is 0 Å². The van der Waals surface area contributed by atoms with Crippen LogP contribution in [0.4, 0.5) is 0 Å². The molecule has 0 radical (unpaired) electrons. The van der Waals surface area contributed by atoms with Crippen molar-refractivity contribution in [1.82, 2.24) is 15.1 Å². The van der Waals surface area contributed by atoms with Crippen molar-refractivity contribution in [3.05, 3.63) is 53.8 Å². The zero-order valence-corrected chi connectivity index (χ0v) is 13.3. The van der Waals surface area contributed by atoms with Gasteiger partial charge in [-0.05, 0) is 24.1 Å². The Hall–Kier alpha value is -1.88. The number of benzene rings is 1. The lowest BCUT2D eigenvalue weighted by atomic mass is 10.1. The monoisotopic (exact) mass is 347 g/mol. The highest BCUT2D eigenvalue weighted by Gasteiger charge is 2.04. The average Bonchev–Trinajstić information content (AvgIpc) is 2.94. The molecular weight excluding hydrogens is 330 g/mol. The predicted octanol–water partition coefficient (Wildman–Crippen LogP) is 3.40. The van der Waals surface area contributed by atoms with Crippen LogP contribution in [0.15, 0.2) is 53.8 Å². The second-order valence-corrected chi connectivity index (χ2v) is 5.61. The van der Waals surface area contributed by atoms with E-state index >= 15 is 0 Å². The molecular formula is C16H18BrN3O. The summed E-state index contributed by atoms with van der Waals surface area (Å²) in [6.45, 7) is 4.82. The van der Waals surface area contributed by atoms with Crippen LogP contribution >= 0.6 is 15.9 Å². The molecule has 4 nitrogen and oxygen atoms in total. The summed E-state index contributed by atoms with van der Waals surface area (Å²) in [5.41, 5.74) is 2.20. The largest absolute Gasteiger partial charge is 0.353 e. The van der Waals surface area contributed by atoms with Crippen LogP contribution in [0.2, 0.25) is 0 Å². The first-order chi connectivity index (χ1) is 10.2. The Morgan fingerprint density at radius 1 is 1.43 bits per heavy atom. The lowest BCUT2D eigenvalue weighted by molar-refractivity contribution is -0.121. The van der Waals surface area contributed by atoms with E-state index in [0.29, 0.717) is 13.0 Å². The summed E-state index contributed by atoms with van der Waals surface area (Å²) in [4.78, 5) is 11.5. The van der Waals surface area contributed by atoms with Gasteiger partial charge in [0.05, 0.1) is 6.20 Å². The molecule has 1 aromatic heterocycles. The zero-order chi connectivity index (χ0) is 15.1. The molecule has 2 aromatic rings. The van der Waals surface area contributed by atoms with Crippen LogP contribution in [0, 0.1) is 0 Å². The van der Waals surface area contributed by atoms with Crippen LogP contribution in [-0.2, 0) is 11.3 Å². The van der Waals surface area contributed by atoms with Gasteiger partial charge in [-0.2, -0.15) is 5.10 Å². The molecule has 0 fully saturated rings. The fourth-order valence-electron chi connectivity index (χ4n) is 1.98. The Labute approximate surface area is 133 Å². The third-order valence-electron chi connectivity index (χ3n) is 3.03. The Bertz CT molecular complexity index is 621. The highest BCUT2D eigenvalue weighted by atomic mass is 79.9. The number of carbonyl (C=O) groups is 1. The maximum absolute atomic E-state index is 11.5. The summed E-state index contributed by atoms with van der Waals surface area (Å²) < 4.78 is 2.92. The van der Waals surface area contributed by atoms with Gasteiger partial charge in [-0.15, -0.1) is 6.58 Å². The van der Waals surface area contributed by atoms with E-state index in [1.54, 1.807) is 6.08 Å². The number of rotatable bonds is 7. The predicted molar refractivity (Wildman–Crippen MR) is 87.8 cm³/mol. The van der Waals surface area contributed by atoms with Gasteiger partial charge in [0, 0.05) is 35.7 Å². The molecule has 0 bridgehead atoms. The van der Waals surface area contributed by atoms with E-state index in [9.17, 15) is 4.79 Å². The third kappa shape index (κ3) is 4.86. The number of halogens is 1. The number of aryl methyl sites for hydroxylation is 1. The standard InChI is InChI=1S/C16H18BrN3O/c1-2-8-18-16(21)7-4-9-20-12-14(11-19-20)13-5-3-6-15(17)10-13/h2-3,5-6,10-12H,1,4,7-9H2,(H,18,21). The van der Waals surface area contributed by atoms with Crippen molar-refractivity contribution in [2.75, 3.05) is 6.54 Å². The van der Waals surface area contributed by atoms with E-state index in [0.717, 1.165) is 28.6 Å². The minimum atomic E-state index is 0.0502. The molecule has 0 saturated carbocycles. The molecule has 0 spiro atoms. The first-order valence-electron chi connectivity index (χ1n) is 6.85. The van der Waals surface area contributed by atoms with Crippen LogP contribution in [-0.4, -0.2) is 22.2 Å². The Morgan fingerprint density at radius 2 is 2.29 bits per heavy atom. The maximum atomic E-state index is 11.5. The molecule has 21 heavy (non-hydrogen) atoms. The summed E-state index contributed by atoms with van der Waals surface area (Å²) in [6, 6.07) is 8.11. The van der Waals surface area contributed by atoms with Gasteiger partial charge in [-0.25, -0.2) is 0 Å². The quantitative estimate of drug-likeness (QED) is 0.780. The van der Waals surface area contributed by atoms with E-state index in [2.05, 4.69) is 45.1 Å². The van der Waals surface area contributed by atoms with Gasteiger partial charge in [0.2, 0.25) is 5.91 Å². The Kier molecular flexibility index (Phi) is 5.75. The van der Waals surface area contributed by atoms with Gasteiger partial charge >= 0.3 is 0 Å². The molecule has 0 saturated heterocycles. The Balaban J connectivity index is 1.86. The lowest BCUT2D eigenvalue weighted by Gasteiger charge is -2.03. The highest BCUT2D eigenvalue weighted by Crippen LogP contribution is 2.22. The summed E-state index contributed by atoms with van der Waals surface area (Å²) in [6.07, 6.45) is 6.79. The molecule has 0 aliphatic rings. The molecule has 0 unspecified atom stereocenters. The molecule has 110 valence electrons. The summed E-state index contributed by atoms with van der Waals surface area (Å²) in [5.74, 6) is 0.0502. The number of carbonyl (C=O) groups excluding carboxylic acids is 1. The van der Waals surface area contributed by atoms with E-state index < -0.39 is 0 Å². The van der Waals surface area contributed by atoms with Crippen molar-refractivity contribution in [3.63, 3.8) is 0 Å². The number of hydrogen-bond acceptors (Lipinski definition) is 2. The smallest absolute Gasteiger partial charge is 0.220 e. The van der Waals surface area contributed by atoms with Gasteiger partial charge in [0.25, 0.3) is 0 Å². The van der Waals surface area contributed by atoms with Crippen molar-refractivity contribution in [2.45, 2.75) is 19.4 Å². The topological polar surface area (TPSA) is 46.9 Å². The van der Waals surface area contributed by atoms with Gasteiger partial charge in [-0.1, -0.05) is 34.1 Å². The number of hydrogen-bond donors (Lipinski definition) is 1.